The minimum atomic E-state index is -0.390. The van der Waals surface area contributed by atoms with Crippen LogP contribution in [0.25, 0.3) is 22.3 Å². The Balaban J connectivity index is 1.50. The average molecular weight is 476 g/mol. The van der Waals surface area contributed by atoms with Gasteiger partial charge in [-0.15, -0.1) is 0 Å². The van der Waals surface area contributed by atoms with Gasteiger partial charge in [-0.3, -0.25) is 0 Å². The van der Waals surface area contributed by atoms with Crippen molar-refractivity contribution >= 4 is 22.6 Å². The van der Waals surface area contributed by atoms with E-state index in [2.05, 4.69) is 6.07 Å². The number of benzene rings is 4. The van der Waals surface area contributed by atoms with Crippen LogP contribution in [0.4, 0.5) is 5.69 Å². The maximum Gasteiger partial charge on any atom is 0.343 e. The van der Waals surface area contributed by atoms with E-state index in [1.807, 2.05) is 80.6 Å². The van der Waals surface area contributed by atoms with Gasteiger partial charge in [-0.25, -0.2) is 9.79 Å². The van der Waals surface area contributed by atoms with Crippen molar-refractivity contribution in [2.24, 2.45) is 4.99 Å². The average Bonchev–Trinajstić information content (AvgIpc) is 2.90. The summed E-state index contributed by atoms with van der Waals surface area (Å²) in [6, 6.07) is 30.2. The highest BCUT2D eigenvalue weighted by Gasteiger charge is 2.10. The summed E-state index contributed by atoms with van der Waals surface area (Å²) in [6.45, 7) is 3.98. The lowest BCUT2D eigenvalue weighted by Gasteiger charge is -2.07. The fourth-order valence-corrected chi connectivity index (χ4v) is 3.94. The zero-order valence-electron chi connectivity index (χ0n) is 20.3. The Morgan fingerprint density at radius 3 is 2.22 bits per heavy atom. The first-order valence-corrected chi connectivity index (χ1v) is 11.6. The number of methoxy groups -OCH3 is 1. The van der Waals surface area contributed by atoms with Crippen LogP contribution in [0.1, 0.15) is 21.5 Å². The minimum Gasteiger partial charge on any atom is -0.497 e. The molecule has 0 aliphatic carbocycles. The van der Waals surface area contributed by atoms with E-state index in [4.69, 9.17) is 18.9 Å². The van der Waals surface area contributed by atoms with Crippen molar-refractivity contribution in [3.05, 3.63) is 119 Å². The Labute approximate surface area is 209 Å². The van der Waals surface area contributed by atoms with Gasteiger partial charge in [0.05, 0.1) is 23.7 Å². The Hall–Kier alpha value is -4.64. The van der Waals surface area contributed by atoms with Crippen molar-refractivity contribution in [2.75, 3.05) is 7.11 Å². The summed E-state index contributed by atoms with van der Waals surface area (Å²) in [5.41, 5.74) is 5.05. The molecule has 0 bridgehead atoms. The van der Waals surface area contributed by atoms with E-state index in [1.165, 1.54) is 0 Å². The fraction of sp³-hybridized carbons (Fsp3) is 0.0968. The molecule has 0 aliphatic heterocycles. The molecule has 0 atom stereocenters. The number of hydrogen-bond acceptors (Lipinski definition) is 5. The molecule has 5 rings (SSSR count). The van der Waals surface area contributed by atoms with Crippen molar-refractivity contribution in [2.45, 2.75) is 13.8 Å². The van der Waals surface area contributed by atoms with Crippen LogP contribution in [-0.2, 0) is 0 Å². The molecule has 0 saturated heterocycles. The van der Waals surface area contributed by atoms with Gasteiger partial charge in [-0.2, -0.15) is 0 Å². The first kappa shape index (κ1) is 23.1. The van der Waals surface area contributed by atoms with E-state index in [1.54, 1.807) is 31.4 Å². The van der Waals surface area contributed by atoms with E-state index in [0.29, 0.717) is 17.1 Å². The van der Waals surface area contributed by atoms with Gasteiger partial charge in [0.15, 0.2) is 0 Å². The van der Waals surface area contributed by atoms with E-state index < -0.39 is 5.97 Å². The molecule has 0 fully saturated rings. The summed E-state index contributed by atoms with van der Waals surface area (Å²) in [6.07, 6.45) is 0. The van der Waals surface area contributed by atoms with E-state index in [-0.39, 0.29) is 0 Å². The van der Waals surface area contributed by atoms with Gasteiger partial charge in [-0.1, -0.05) is 29.3 Å². The summed E-state index contributed by atoms with van der Waals surface area (Å²) >= 11 is 0. The van der Waals surface area contributed by atoms with E-state index in [9.17, 15) is 4.79 Å². The molecule has 0 amide bonds. The predicted molar refractivity (Wildman–Crippen MR) is 141 cm³/mol. The highest BCUT2D eigenvalue weighted by atomic mass is 16.5. The van der Waals surface area contributed by atoms with Crippen LogP contribution in [0.2, 0.25) is 0 Å². The number of rotatable bonds is 5. The third-order valence-corrected chi connectivity index (χ3v) is 5.82. The molecule has 1 aromatic heterocycles. The number of esters is 1. The van der Waals surface area contributed by atoms with Crippen molar-refractivity contribution in [3.63, 3.8) is 0 Å². The molecule has 0 saturated carbocycles. The molecule has 0 aliphatic rings. The summed E-state index contributed by atoms with van der Waals surface area (Å²) in [5.74, 6) is 1.56. The highest BCUT2D eigenvalue weighted by Crippen LogP contribution is 2.26. The Kier molecular flexibility index (Phi) is 6.37. The number of nitrogens with zero attached hydrogens (tertiary/aromatic N) is 1. The molecule has 178 valence electrons. The second kappa shape index (κ2) is 9.92. The number of carbonyl (C=O) groups excluding carboxylic acids is 1. The summed E-state index contributed by atoms with van der Waals surface area (Å²) in [7, 11) is 1.64. The Morgan fingerprint density at radius 2 is 1.50 bits per heavy atom. The molecular weight excluding hydrogens is 450 g/mol. The largest absolute Gasteiger partial charge is 0.497 e. The van der Waals surface area contributed by atoms with Gasteiger partial charge < -0.3 is 13.9 Å². The van der Waals surface area contributed by atoms with Crippen LogP contribution in [0.3, 0.4) is 0 Å². The standard InChI is InChI=1S/C31H25NO4/c1-20-5-4-6-23(17-20)31(33)35-26-14-10-24(11-15-26)32-28-19-30(22-8-12-25(34-3)13-9-22)36-29-16-7-21(2)18-27(28)29/h4-19H,1-3H3. The molecule has 0 spiro atoms. The lowest BCUT2D eigenvalue weighted by atomic mass is 10.1. The van der Waals surface area contributed by atoms with Crippen molar-refractivity contribution in [1.82, 2.24) is 0 Å². The number of ether oxygens (including phenoxy) is 2. The summed E-state index contributed by atoms with van der Waals surface area (Å²) in [5, 5.41) is 1.71. The van der Waals surface area contributed by atoms with Crippen LogP contribution in [0, 0.1) is 13.8 Å². The van der Waals surface area contributed by atoms with Gasteiger partial charge >= 0.3 is 5.97 Å². The van der Waals surface area contributed by atoms with Crippen molar-refractivity contribution < 1.29 is 18.7 Å². The molecule has 36 heavy (non-hydrogen) atoms. The quantitative estimate of drug-likeness (QED) is 0.200. The first-order chi connectivity index (χ1) is 17.5. The molecule has 4 aromatic carbocycles. The molecule has 0 radical (unpaired) electrons. The number of carbonyl (C=O) groups is 1. The predicted octanol–water partition coefficient (Wildman–Crippen LogP) is 7.18. The van der Waals surface area contributed by atoms with Gasteiger partial charge in [0.2, 0.25) is 0 Å². The van der Waals surface area contributed by atoms with Crippen LogP contribution >= 0.6 is 0 Å². The maximum absolute atomic E-state index is 12.5. The van der Waals surface area contributed by atoms with Gasteiger partial charge in [0, 0.05) is 17.0 Å². The van der Waals surface area contributed by atoms with Crippen LogP contribution in [0.5, 0.6) is 11.5 Å². The monoisotopic (exact) mass is 475 g/mol. The second-order valence-electron chi connectivity index (χ2n) is 8.59. The topological polar surface area (TPSA) is 61.0 Å². The molecule has 0 N–H and O–H groups in total. The lowest BCUT2D eigenvalue weighted by Crippen LogP contribution is -2.08. The second-order valence-corrected chi connectivity index (χ2v) is 8.59. The fourth-order valence-electron chi connectivity index (χ4n) is 3.94. The third-order valence-electron chi connectivity index (χ3n) is 5.82. The molecule has 5 heteroatoms. The normalized spacial score (nSPS) is 11.5. The summed E-state index contributed by atoms with van der Waals surface area (Å²) < 4.78 is 17.0. The summed E-state index contributed by atoms with van der Waals surface area (Å²) in [4.78, 5) is 17.4. The molecule has 1 heterocycles. The van der Waals surface area contributed by atoms with Crippen molar-refractivity contribution in [1.29, 1.82) is 0 Å². The van der Waals surface area contributed by atoms with Gasteiger partial charge in [0.1, 0.15) is 22.8 Å². The number of aryl methyl sites for hydroxylation is 2. The van der Waals surface area contributed by atoms with Gasteiger partial charge in [0.25, 0.3) is 0 Å². The van der Waals surface area contributed by atoms with E-state index >= 15 is 0 Å². The van der Waals surface area contributed by atoms with Crippen LogP contribution in [-0.4, -0.2) is 13.1 Å². The third kappa shape index (κ3) is 5.05. The minimum absolute atomic E-state index is 0.390. The molecule has 0 unspecified atom stereocenters. The zero-order valence-corrected chi connectivity index (χ0v) is 20.3. The molecule has 5 aromatic rings. The SMILES string of the molecule is COc1ccc(-c2cc(=Nc3ccc(OC(=O)c4cccc(C)c4)cc3)c3cc(C)ccc3o2)cc1. The number of fused-ring (bicyclic) bond motifs is 1. The maximum atomic E-state index is 12.5. The number of hydrogen-bond donors (Lipinski definition) is 0. The highest BCUT2D eigenvalue weighted by molar-refractivity contribution is 5.91. The lowest BCUT2D eigenvalue weighted by molar-refractivity contribution is 0.0734. The smallest absolute Gasteiger partial charge is 0.343 e. The van der Waals surface area contributed by atoms with Crippen molar-refractivity contribution in [3.8, 4) is 22.8 Å². The Morgan fingerprint density at radius 1 is 0.778 bits per heavy atom. The first-order valence-electron chi connectivity index (χ1n) is 11.6. The van der Waals surface area contributed by atoms with Crippen LogP contribution < -0.4 is 14.8 Å². The van der Waals surface area contributed by atoms with Gasteiger partial charge in [-0.05, 0) is 86.6 Å². The molecular formula is C31H25NO4. The Bertz CT molecular complexity index is 1610. The van der Waals surface area contributed by atoms with Crippen LogP contribution in [0.15, 0.2) is 106 Å². The van der Waals surface area contributed by atoms with E-state index in [0.717, 1.165) is 44.5 Å². The molecule has 5 nitrogen and oxygen atoms in total. The zero-order chi connectivity index (χ0) is 25.1.